The molecule has 1 N–H and O–H groups in total. The molecule has 0 aliphatic heterocycles. The van der Waals surface area contributed by atoms with Gasteiger partial charge in [0.2, 0.25) is 0 Å². The highest BCUT2D eigenvalue weighted by molar-refractivity contribution is 5.49. The summed E-state index contributed by atoms with van der Waals surface area (Å²) in [5.74, 6) is 2.44. The summed E-state index contributed by atoms with van der Waals surface area (Å²) in [6, 6.07) is 8.46. The number of nitrogens with one attached hydrogen (secondary N) is 1. The van der Waals surface area contributed by atoms with E-state index in [2.05, 4.69) is 21.5 Å². The Kier molecular flexibility index (Phi) is 3.87. The molecule has 0 radical (unpaired) electrons. The van der Waals surface area contributed by atoms with Crippen molar-refractivity contribution in [3.8, 4) is 11.6 Å². The molecule has 1 aliphatic carbocycles. The third-order valence-corrected chi connectivity index (χ3v) is 4.62. The van der Waals surface area contributed by atoms with E-state index in [0.29, 0.717) is 0 Å². The zero-order chi connectivity index (χ0) is 17.4. The van der Waals surface area contributed by atoms with Crippen molar-refractivity contribution in [3.05, 3.63) is 59.2 Å². The second-order valence-electron chi connectivity index (χ2n) is 6.37. The first kappa shape index (κ1) is 15.6. The molecular weight excluding hydrogens is 314 g/mol. The van der Waals surface area contributed by atoms with Crippen LogP contribution in [0.3, 0.4) is 0 Å². The molecule has 0 spiro atoms. The third-order valence-electron chi connectivity index (χ3n) is 4.62. The molecule has 0 saturated carbocycles. The van der Waals surface area contributed by atoms with E-state index in [1.54, 1.807) is 19.5 Å². The van der Waals surface area contributed by atoms with Crippen molar-refractivity contribution in [2.24, 2.45) is 0 Å². The summed E-state index contributed by atoms with van der Waals surface area (Å²) in [6.07, 6.45) is 5.51. The van der Waals surface area contributed by atoms with E-state index >= 15 is 0 Å². The number of benzene rings is 1. The monoisotopic (exact) mass is 335 g/mol. The fourth-order valence-electron chi connectivity index (χ4n) is 3.53. The van der Waals surface area contributed by atoms with E-state index in [1.165, 1.54) is 11.1 Å². The smallest absolute Gasteiger partial charge is 0.174 e. The first-order chi connectivity index (χ1) is 12.2. The van der Waals surface area contributed by atoms with Gasteiger partial charge >= 0.3 is 0 Å². The van der Waals surface area contributed by atoms with Crippen molar-refractivity contribution in [2.45, 2.75) is 32.7 Å². The molecule has 0 fully saturated rings. The van der Waals surface area contributed by atoms with Gasteiger partial charge in [-0.1, -0.05) is 12.1 Å². The summed E-state index contributed by atoms with van der Waals surface area (Å²) < 4.78 is 7.30. The van der Waals surface area contributed by atoms with Crippen LogP contribution in [0.1, 0.15) is 35.0 Å². The van der Waals surface area contributed by atoms with Crippen LogP contribution < -0.4 is 10.1 Å². The number of hydrogen-bond acceptors (Lipinski definition) is 5. The largest absolute Gasteiger partial charge is 0.496 e. The summed E-state index contributed by atoms with van der Waals surface area (Å²) in [7, 11) is 1.72. The summed E-state index contributed by atoms with van der Waals surface area (Å²) in [6.45, 7) is 3.99. The molecule has 25 heavy (non-hydrogen) atoms. The highest BCUT2D eigenvalue weighted by Gasteiger charge is 2.25. The first-order valence-electron chi connectivity index (χ1n) is 8.43. The lowest BCUT2D eigenvalue weighted by Gasteiger charge is -2.16. The van der Waals surface area contributed by atoms with Crippen molar-refractivity contribution in [1.29, 1.82) is 0 Å². The molecule has 128 valence electrons. The maximum absolute atomic E-state index is 5.48. The van der Waals surface area contributed by atoms with Gasteiger partial charge in [-0.25, -0.2) is 9.67 Å². The van der Waals surface area contributed by atoms with Crippen LogP contribution in [-0.2, 0) is 6.42 Å². The van der Waals surface area contributed by atoms with Crippen molar-refractivity contribution in [2.75, 3.05) is 12.4 Å². The van der Waals surface area contributed by atoms with Crippen LogP contribution >= 0.6 is 0 Å². The summed E-state index contributed by atoms with van der Waals surface area (Å²) in [5.41, 5.74) is 4.57. The minimum Gasteiger partial charge on any atom is -0.496 e. The van der Waals surface area contributed by atoms with Gasteiger partial charge in [0.1, 0.15) is 11.6 Å². The minimum atomic E-state index is 0.218. The second kappa shape index (κ2) is 6.20. The van der Waals surface area contributed by atoms with Gasteiger partial charge in [-0.3, -0.25) is 4.98 Å². The second-order valence-corrected chi connectivity index (χ2v) is 6.37. The van der Waals surface area contributed by atoms with Crippen LogP contribution in [0.25, 0.3) is 5.82 Å². The molecule has 6 nitrogen and oxygen atoms in total. The zero-order valence-corrected chi connectivity index (χ0v) is 14.7. The van der Waals surface area contributed by atoms with Gasteiger partial charge in [0.05, 0.1) is 31.2 Å². The maximum atomic E-state index is 5.48. The summed E-state index contributed by atoms with van der Waals surface area (Å²) in [4.78, 5) is 9.02. The van der Waals surface area contributed by atoms with E-state index in [0.717, 1.165) is 41.6 Å². The van der Waals surface area contributed by atoms with Crippen LogP contribution in [0.15, 0.2) is 36.7 Å². The molecule has 1 aromatic carbocycles. The Morgan fingerprint density at radius 3 is 2.88 bits per heavy atom. The number of methoxy groups -OCH3 is 1. The quantitative estimate of drug-likeness (QED) is 0.792. The number of ether oxygens (including phenoxy) is 1. The van der Waals surface area contributed by atoms with Crippen LogP contribution in [0.2, 0.25) is 0 Å². The predicted octanol–water partition coefficient (Wildman–Crippen LogP) is 3.39. The van der Waals surface area contributed by atoms with Gasteiger partial charge in [0, 0.05) is 5.69 Å². The van der Waals surface area contributed by atoms with Crippen LogP contribution in [0, 0.1) is 13.8 Å². The predicted molar refractivity (Wildman–Crippen MR) is 96.3 cm³/mol. The number of aromatic nitrogens is 4. The van der Waals surface area contributed by atoms with E-state index in [-0.39, 0.29) is 6.04 Å². The van der Waals surface area contributed by atoms with Crippen molar-refractivity contribution in [3.63, 3.8) is 0 Å². The molecule has 2 heterocycles. The normalized spacial score (nSPS) is 15.9. The molecule has 1 atom stereocenters. The third kappa shape index (κ3) is 2.84. The zero-order valence-electron chi connectivity index (χ0n) is 14.7. The molecular formula is C19H21N5O. The van der Waals surface area contributed by atoms with Crippen molar-refractivity contribution >= 4 is 5.82 Å². The Bertz CT molecular complexity index is 918. The Morgan fingerprint density at radius 1 is 1.24 bits per heavy atom. The SMILES string of the molecule is COc1cccc2c1CCC2Nc1cncc(-n2nc(C)cc2C)n1. The molecule has 3 aromatic rings. The molecule has 0 saturated heterocycles. The van der Waals surface area contributed by atoms with Gasteiger partial charge in [-0.15, -0.1) is 0 Å². The summed E-state index contributed by atoms with van der Waals surface area (Å²) >= 11 is 0. The lowest BCUT2D eigenvalue weighted by Crippen LogP contribution is -2.11. The van der Waals surface area contributed by atoms with E-state index in [1.807, 2.05) is 36.7 Å². The van der Waals surface area contributed by atoms with Gasteiger partial charge < -0.3 is 10.1 Å². The van der Waals surface area contributed by atoms with Gasteiger partial charge in [0.15, 0.2) is 5.82 Å². The van der Waals surface area contributed by atoms with E-state index < -0.39 is 0 Å². The molecule has 0 bridgehead atoms. The first-order valence-corrected chi connectivity index (χ1v) is 8.43. The Balaban J connectivity index is 1.61. The molecule has 0 amide bonds. The highest BCUT2D eigenvalue weighted by Crippen LogP contribution is 2.38. The topological polar surface area (TPSA) is 64.9 Å². The van der Waals surface area contributed by atoms with Crippen molar-refractivity contribution in [1.82, 2.24) is 19.7 Å². The number of anilines is 1. The molecule has 4 rings (SSSR count). The lowest BCUT2D eigenvalue weighted by molar-refractivity contribution is 0.410. The lowest BCUT2D eigenvalue weighted by atomic mass is 10.1. The molecule has 1 aliphatic rings. The Labute approximate surface area is 146 Å². The van der Waals surface area contributed by atoms with Crippen LogP contribution in [-0.4, -0.2) is 26.9 Å². The van der Waals surface area contributed by atoms with Crippen LogP contribution in [0.4, 0.5) is 5.82 Å². The number of rotatable bonds is 4. The fraction of sp³-hybridized carbons (Fsp3) is 0.316. The average molecular weight is 335 g/mol. The molecule has 6 heteroatoms. The number of hydrogen-bond donors (Lipinski definition) is 1. The molecule has 1 unspecified atom stereocenters. The fourth-order valence-corrected chi connectivity index (χ4v) is 3.53. The number of fused-ring (bicyclic) bond motifs is 1. The van der Waals surface area contributed by atoms with Gasteiger partial charge in [0.25, 0.3) is 0 Å². The minimum absolute atomic E-state index is 0.218. The molecule has 2 aromatic heterocycles. The summed E-state index contributed by atoms with van der Waals surface area (Å²) in [5, 5.41) is 8.00. The number of nitrogens with zero attached hydrogens (tertiary/aromatic N) is 4. The average Bonchev–Trinajstić information content (AvgIpc) is 3.18. The van der Waals surface area contributed by atoms with E-state index in [4.69, 9.17) is 9.72 Å². The van der Waals surface area contributed by atoms with Gasteiger partial charge in [-0.2, -0.15) is 5.10 Å². The standard InChI is InChI=1S/C19H21N5O/c1-12-9-13(2)24(23-12)19-11-20-10-18(22-19)21-16-8-7-15-14(16)5-4-6-17(15)25-3/h4-6,9-11,16H,7-8H2,1-3H3,(H,21,22). The number of aryl methyl sites for hydroxylation is 2. The Hall–Kier alpha value is -2.89. The van der Waals surface area contributed by atoms with Crippen molar-refractivity contribution < 1.29 is 4.74 Å². The van der Waals surface area contributed by atoms with E-state index in [9.17, 15) is 0 Å². The highest BCUT2D eigenvalue weighted by atomic mass is 16.5. The van der Waals surface area contributed by atoms with Gasteiger partial charge in [-0.05, 0) is 49.9 Å². The Morgan fingerprint density at radius 2 is 2.12 bits per heavy atom. The maximum Gasteiger partial charge on any atom is 0.174 e. The van der Waals surface area contributed by atoms with Crippen LogP contribution in [0.5, 0.6) is 5.75 Å².